The second-order valence-corrected chi connectivity index (χ2v) is 8.18. The highest BCUT2D eigenvalue weighted by Crippen LogP contribution is 2.29. The smallest absolute Gasteiger partial charge is 0.310 e. The minimum absolute atomic E-state index is 0.106. The third-order valence-corrected chi connectivity index (χ3v) is 6.18. The molecule has 1 amide bonds. The van der Waals surface area contributed by atoms with E-state index in [4.69, 9.17) is 4.74 Å². The Morgan fingerprint density at radius 1 is 1.17 bits per heavy atom. The van der Waals surface area contributed by atoms with Crippen molar-refractivity contribution in [2.24, 2.45) is 11.8 Å². The van der Waals surface area contributed by atoms with Gasteiger partial charge in [0.15, 0.2) is 6.61 Å². The number of benzene rings is 1. The molecule has 0 saturated heterocycles. The summed E-state index contributed by atoms with van der Waals surface area (Å²) in [6, 6.07) is 9.96. The summed E-state index contributed by atoms with van der Waals surface area (Å²) in [5.41, 5.74) is 3.48. The first-order valence-corrected chi connectivity index (χ1v) is 10.4. The summed E-state index contributed by atoms with van der Waals surface area (Å²) >= 11 is 0. The molecule has 3 rings (SSSR count). The zero-order valence-electron chi connectivity index (χ0n) is 17.8. The maximum atomic E-state index is 12.3. The Morgan fingerprint density at radius 3 is 2.62 bits per heavy atom. The Kier molecular flexibility index (Phi) is 6.72. The van der Waals surface area contributed by atoms with Crippen molar-refractivity contribution in [3.8, 4) is 5.69 Å². The summed E-state index contributed by atoms with van der Waals surface area (Å²) in [7, 11) is 0. The average Bonchev–Trinajstić information content (AvgIpc) is 2.99. The Morgan fingerprint density at radius 2 is 1.90 bits per heavy atom. The van der Waals surface area contributed by atoms with Crippen LogP contribution in [0, 0.1) is 25.7 Å². The molecule has 1 heterocycles. The molecular formula is C23H31N3O3. The van der Waals surface area contributed by atoms with Crippen molar-refractivity contribution >= 4 is 11.9 Å². The van der Waals surface area contributed by atoms with E-state index in [1.165, 1.54) is 6.42 Å². The maximum Gasteiger partial charge on any atom is 0.310 e. The lowest BCUT2D eigenvalue weighted by Crippen LogP contribution is -2.45. The van der Waals surface area contributed by atoms with Gasteiger partial charge in [-0.3, -0.25) is 9.59 Å². The molecule has 1 aromatic heterocycles. The van der Waals surface area contributed by atoms with E-state index in [0.29, 0.717) is 11.8 Å². The van der Waals surface area contributed by atoms with Gasteiger partial charge < -0.3 is 10.1 Å². The molecule has 156 valence electrons. The third kappa shape index (κ3) is 5.05. The lowest BCUT2D eigenvalue weighted by molar-refractivity contribution is -0.148. The molecule has 0 spiro atoms. The zero-order valence-corrected chi connectivity index (χ0v) is 17.8. The molecule has 1 aliphatic rings. The Labute approximate surface area is 172 Å². The number of hydrogen-bond donors (Lipinski definition) is 1. The highest BCUT2D eigenvalue weighted by Gasteiger charge is 2.28. The predicted molar refractivity (Wildman–Crippen MR) is 112 cm³/mol. The van der Waals surface area contributed by atoms with Gasteiger partial charge in [-0.1, -0.05) is 44.9 Å². The van der Waals surface area contributed by atoms with E-state index in [1.807, 2.05) is 48.9 Å². The molecule has 29 heavy (non-hydrogen) atoms. The van der Waals surface area contributed by atoms with Crippen LogP contribution >= 0.6 is 0 Å². The average molecular weight is 398 g/mol. The molecule has 3 atom stereocenters. The SMILES string of the molecule is Cc1nn(-c2ccccc2)c(C)c1CC(=O)OCC(=O)N[C@@H]1CCC[C@@H](C)[C@@H]1C. The molecule has 6 nitrogen and oxygen atoms in total. The minimum atomic E-state index is -0.413. The lowest BCUT2D eigenvalue weighted by Gasteiger charge is -2.34. The zero-order chi connectivity index (χ0) is 21.0. The number of para-hydroxylation sites is 1. The fourth-order valence-corrected chi connectivity index (χ4v) is 4.13. The first-order chi connectivity index (χ1) is 13.9. The van der Waals surface area contributed by atoms with E-state index in [0.717, 1.165) is 35.5 Å². The number of hydrogen-bond acceptors (Lipinski definition) is 4. The van der Waals surface area contributed by atoms with Crippen LogP contribution in [-0.2, 0) is 20.7 Å². The maximum absolute atomic E-state index is 12.3. The number of carbonyl (C=O) groups is 2. The summed E-state index contributed by atoms with van der Waals surface area (Å²) < 4.78 is 7.08. The van der Waals surface area contributed by atoms with Gasteiger partial charge >= 0.3 is 5.97 Å². The van der Waals surface area contributed by atoms with Gasteiger partial charge in [-0.25, -0.2) is 4.68 Å². The minimum Gasteiger partial charge on any atom is -0.455 e. The Balaban J connectivity index is 1.55. The van der Waals surface area contributed by atoms with E-state index < -0.39 is 5.97 Å². The number of carbonyl (C=O) groups excluding carboxylic acids is 2. The van der Waals surface area contributed by atoms with Gasteiger partial charge in [0, 0.05) is 17.3 Å². The molecular weight excluding hydrogens is 366 g/mol. The second kappa shape index (κ2) is 9.25. The molecule has 2 aromatic rings. The topological polar surface area (TPSA) is 73.2 Å². The fraction of sp³-hybridized carbons (Fsp3) is 0.522. The van der Waals surface area contributed by atoms with Crippen LogP contribution in [-0.4, -0.2) is 34.3 Å². The first-order valence-electron chi connectivity index (χ1n) is 10.4. The molecule has 0 aliphatic heterocycles. The molecule has 1 aliphatic carbocycles. The predicted octanol–water partition coefficient (Wildman–Crippen LogP) is 3.52. The van der Waals surface area contributed by atoms with E-state index in [-0.39, 0.29) is 25.0 Å². The molecule has 1 fully saturated rings. The first kappa shape index (κ1) is 21.1. The van der Waals surface area contributed by atoms with Crippen LogP contribution in [0.3, 0.4) is 0 Å². The van der Waals surface area contributed by atoms with Gasteiger partial charge in [0.05, 0.1) is 17.8 Å². The van der Waals surface area contributed by atoms with Crippen LogP contribution in [0.2, 0.25) is 0 Å². The Hall–Kier alpha value is -2.63. The number of esters is 1. The van der Waals surface area contributed by atoms with Crippen LogP contribution in [0.1, 0.15) is 50.1 Å². The highest BCUT2D eigenvalue weighted by atomic mass is 16.5. The van der Waals surface area contributed by atoms with Gasteiger partial charge in [0.1, 0.15) is 0 Å². The van der Waals surface area contributed by atoms with Gasteiger partial charge in [-0.15, -0.1) is 0 Å². The largest absolute Gasteiger partial charge is 0.455 e. The van der Waals surface area contributed by atoms with Gasteiger partial charge in [0.2, 0.25) is 0 Å². The van der Waals surface area contributed by atoms with Crippen molar-refractivity contribution in [3.63, 3.8) is 0 Å². The van der Waals surface area contributed by atoms with Gasteiger partial charge in [-0.2, -0.15) is 5.10 Å². The second-order valence-electron chi connectivity index (χ2n) is 8.18. The summed E-state index contributed by atoms with van der Waals surface area (Å²) in [4.78, 5) is 24.6. The fourth-order valence-electron chi connectivity index (χ4n) is 4.13. The van der Waals surface area contributed by atoms with Crippen LogP contribution in [0.15, 0.2) is 30.3 Å². The number of nitrogens with one attached hydrogen (secondary N) is 1. The van der Waals surface area contributed by atoms with Crippen LogP contribution in [0.5, 0.6) is 0 Å². The number of nitrogens with zero attached hydrogens (tertiary/aromatic N) is 2. The van der Waals surface area contributed by atoms with Crippen LogP contribution in [0.25, 0.3) is 5.69 Å². The summed E-state index contributed by atoms with van der Waals surface area (Å²) in [5, 5.41) is 7.59. The van der Waals surface area contributed by atoms with Crippen LogP contribution < -0.4 is 5.32 Å². The van der Waals surface area contributed by atoms with Gasteiger partial charge in [-0.05, 0) is 44.2 Å². The number of aryl methyl sites for hydroxylation is 1. The van der Waals surface area contributed by atoms with E-state index in [2.05, 4.69) is 24.3 Å². The van der Waals surface area contributed by atoms with Crippen molar-refractivity contribution in [2.75, 3.05) is 6.61 Å². The lowest BCUT2D eigenvalue weighted by atomic mass is 9.78. The van der Waals surface area contributed by atoms with Crippen molar-refractivity contribution in [3.05, 3.63) is 47.3 Å². The monoisotopic (exact) mass is 397 g/mol. The molecule has 1 saturated carbocycles. The standard InChI is InChI=1S/C23H31N3O3/c1-15-9-8-12-21(16(15)2)24-22(27)14-29-23(28)13-20-17(3)25-26(18(20)4)19-10-6-5-7-11-19/h5-7,10-11,15-16,21H,8-9,12-14H2,1-4H3,(H,24,27)/t15-,16+,21-/m1/s1. The number of amides is 1. The van der Waals surface area contributed by atoms with Crippen molar-refractivity contribution < 1.29 is 14.3 Å². The third-order valence-electron chi connectivity index (χ3n) is 6.18. The van der Waals surface area contributed by atoms with Crippen LogP contribution in [0.4, 0.5) is 0 Å². The number of ether oxygens (including phenoxy) is 1. The summed E-state index contributed by atoms with van der Waals surface area (Å²) in [6.07, 6.45) is 3.43. The molecule has 1 aromatic carbocycles. The molecule has 1 N–H and O–H groups in total. The summed E-state index contributed by atoms with van der Waals surface area (Å²) in [5.74, 6) is 0.406. The van der Waals surface area contributed by atoms with E-state index in [1.54, 1.807) is 0 Å². The summed E-state index contributed by atoms with van der Waals surface area (Å²) in [6.45, 7) is 7.99. The molecule has 0 bridgehead atoms. The molecule has 0 unspecified atom stereocenters. The van der Waals surface area contributed by atoms with Crippen molar-refractivity contribution in [1.82, 2.24) is 15.1 Å². The Bertz CT molecular complexity index is 860. The molecule has 6 heteroatoms. The number of rotatable bonds is 6. The van der Waals surface area contributed by atoms with Gasteiger partial charge in [0.25, 0.3) is 5.91 Å². The van der Waals surface area contributed by atoms with Crippen molar-refractivity contribution in [1.29, 1.82) is 0 Å². The quantitative estimate of drug-likeness (QED) is 0.757. The van der Waals surface area contributed by atoms with E-state index >= 15 is 0 Å². The van der Waals surface area contributed by atoms with Crippen molar-refractivity contribution in [2.45, 2.75) is 59.4 Å². The molecule has 0 radical (unpaired) electrons. The van der Waals surface area contributed by atoms with E-state index in [9.17, 15) is 9.59 Å². The normalized spacial score (nSPS) is 21.6. The number of aromatic nitrogens is 2. The highest BCUT2D eigenvalue weighted by molar-refractivity contribution is 5.81.